The molecule has 0 atom stereocenters. The fourth-order valence-corrected chi connectivity index (χ4v) is 6.89. The van der Waals surface area contributed by atoms with E-state index in [-0.39, 0.29) is 47.4 Å². The van der Waals surface area contributed by atoms with Crippen LogP contribution >= 0.6 is 22.9 Å². The molecule has 1 saturated carbocycles. The molecule has 0 radical (unpaired) electrons. The number of alkyl halides is 2. The number of pyridine rings is 1. The van der Waals surface area contributed by atoms with E-state index >= 15 is 4.39 Å². The lowest BCUT2D eigenvalue weighted by atomic mass is 9.74. The first kappa shape index (κ1) is 27.6. The molecular formula is C28H25ClF3N5O3S. The van der Waals surface area contributed by atoms with E-state index in [1.165, 1.54) is 28.4 Å². The molecule has 1 aliphatic carbocycles. The van der Waals surface area contributed by atoms with Crippen molar-refractivity contribution < 1.29 is 27.6 Å². The van der Waals surface area contributed by atoms with Gasteiger partial charge < -0.3 is 15.1 Å². The molecular weight excluding hydrogens is 579 g/mol. The fraction of sp³-hybridized carbons (Fsp3) is 0.393. The Morgan fingerprint density at radius 3 is 2.61 bits per heavy atom. The maximum atomic E-state index is 15.2. The molecule has 8 nitrogen and oxygen atoms in total. The molecule has 1 spiro atoms. The molecule has 2 aromatic heterocycles. The molecule has 2 aliphatic heterocycles. The molecule has 4 heterocycles. The van der Waals surface area contributed by atoms with Crippen LogP contribution in [0.15, 0.2) is 41.4 Å². The number of carbonyl (C=O) groups is 3. The van der Waals surface area contributed by atoms with Crippen LogP contribution in [0.5, 0.6) is 0 Å². The first-order valence-corrected chi connectivity index (χ1v) is 14.5. The van der Waals surface area contributed by atoms with E-state index in [9.17, 15) is 23.2 Å². The summed E-state index contributed by atoms with van der Waals surface area (Å²) < 4.78 is 41.9. The number of fused-ring (bicyclic) bond motifs is 2. The number of thiazole rings is 1. The Hall–Kier alpha value is -3.51. The standard InChI is InChI=1S/C28H25ClF3N5O3S/c29-16-8-18(23(24(31)32)33-9-16)25(38)35-17-6-4-15(5-7-17)10-37-21-3-1-2-19(30)22(21)28(27(37)40)12-36(13-28)26(39)20-11-41-14-34-20/h1-3,8-9,11,14-15,17,24H,4-7,10,12-13H2,(H,35,38)/t15-,17-. The third-order valence-corrected chi connectivity index (χ3v) is 9.03. The highest BCUT2D eigenvalue weighted by atomic mass is 35.5. The van der Waals surface area contributed by atoms with Gasteiger partial charge in [0.25, 0.3) is 18.2 Å². The van der Waals surface area contributed by atoms with E-state index < -0.39 is 29.3 Å². The minimum Gasteiger partial charge on any atom is -0.349 e. The average Bonchev–Trinajstić information content (AvgIpc) is 3.55. The van der Waals surface area contributed by atoms with Gasteiger partial charge >= 0.3 is 0 Å². The highest BCUT2D eigenvalue weighted by Gasteiger charge is 2.60. The Morgan fingerprint density at radius 1 is 1.17 bits per heavy atom. The average molecular weight is 604 g/mol. The SMILES string of the molecule is O=C(N[C@H]1CC[C@H](CN2C(=O)C3(CN(C(=O)c4cscn4)C3)c3c(F)cccc32)CC1)c1cc(Cl)cnc1C(F)F. The van der Waals surface area contributed by atoms with Crippen molar-refractivity contribution in [1.82, 2.24) is 20.2 Å². The minimum absolute atomic E-state index is 0.0877. The third kappa shape index (κ3) is 4.86. The van der Waals surface area contributed by atoms with Crippen molar-refractivity contribution in [2.45, 2.75) is 43.6 Å². The normalized spacial score (nSPS) is 21.2. The van der Waals surface area contributed by atoms with E-state index in [1.807, 2.05) is 0 Å². The lowest BCUT2D eigenvalue weighted by Crippen LogP contribution is -2.65. The number of nitrogens with zero attached hydrogens (tertiary/aromatic N) is 4. The molecule has 3 aromatic rings. The van der Waals surface area contributed by atoms with Crippen molar-refractivity contribution in [2.75, 3.05) is 24.5 Å². The Labute approximate surface area is 242 Å². The molecule has 2 fully saturated rings. The Morgan fingerprint density at radius 2 is 1.93 bits per heavy atom. The van der Waals surface area contributed by atoms with Crippen molar-refractivity contribution in [3.63, 3.8) is 0 Å². The molecule has 1 N–H and O–H groups in total. The van der Waals surface area contributed by atoms with Gasteiger partial charge in [-0.3, -0.25) is 19.4 Å². The van der Waals surface area contributed by atoms with Crippen LogP contribution in [0.4, 0.5) is 18.9 Å². The van der Waals surface area contributed by atoms with Crippen molar-refractivity contribution in [1.29, 1.82) is 0 Å². The van der Waals surface area contributed by atoms with Gasteiger partial charge in [0, 0.05) is 42.8 Å². The molecule has 41 heavy (non-hydrogen) atoms. The van der Waals surface area contributed by atoms with Gasteiger partial charge in [-0.25, -0.2) is 18.2 Å². The van der Waals surface area contributed by atoms with Crippen molar-refractivity contribution in [2.24, 2.45) is 5.92 Å². The van der Waals surface area contributed by atoms with Gasteiger partial charge in [-0.1, -0.05) is 17.7 Å². The fourth-order valence-electron chi connectivity index (χ4n) is 6.21. The highest BCUT2D eigenvalue weighted by molar-refractivity contribution is 7.07. The summed E-state index contributed by atoms with van der Waals surface area (Å²) in [5.74, 6) is -1.53. The molecule has 0 unspecified atom stereocenters. The first-order chi connectivity index (χ1) is 19.7. The van der Waals surface area contributed by atoms with E-state index in [0.717, 1.165) is 6.20 Å². The van der Waals surface area contributed by atoms with E-state index in [2.05, 4.69) is 15.3 Å². The predicted molar refractivity (Wildman–Crippen MR) is 146 cm³/mol. The van der Waals surface area contributed by atoms with Crippen LogP contribution in [0.3, 0.4) is 0 Å². The van der Waals surface area contributed by atoms with Crippen LogP contribution in [0.25, 0.3) is 0 Å². The molecule has 3 aliphatic rings. The zero-order valence-corrected chi connectivity index (χ0v) is 23.2. The first-order valence-electron chi connectivity index (χ1n) is 13.2. The summed E-state index contributed by atoms with van der Waals surface area (Å²) in [4.78, 5) is 50.2. The summed E-state index contributed by atoms with van der Waals surface area (Å²) in [5, 5.41) is 4.56. The summed E-state index contributed by atoms with van der Waals surface area (Å²) in [6.45, 7) is 0.556. The lowest BCUT2D eigenvalue weighted by molar-refractivity contribution is -0.128. The summed E-state index contributed by atoms with van der Waals surface area (Å²) in [6, 6.07) is 5.61. The van der Waals surface area contributed by atoms with Gasteiger partial charge in [0.05, 0.1) is 21.8 Å². The number of likely N-dealkylation sites (tertiary alicyclic amines) is 1. The Kier molecular flexibility index (Phi) is 7.23. The van der Waals surface area contributed by atoms with Crippen LogP contribution in [-0.2, 0) is 10.2 Å². The van der Waals surface area contributed by atoms with Gasteiger partial charge in [0.1, 0.15) is 22.6 Å². The van der Waals surface area contributed by atoms with Gasteiger partial charge in [-0.2, -0.15) is 0 Å². The zero-order valence-electron chi connectivity index (χ0n) is 21.7. The predicted octanol–water partition coefficient (Wildman–Crippen LogP) is 5.00. The van der Waals surface area contributed by atoms with E-state index in [1.54, 1.807) is 27.9 Å². The molecule has 1 aromatic carbocycles. The molecule has 0 bridgehead atoms. The monoisotopic (exact) mass is 603 g/mol. The number of halogens is 4. The van der Waals surface area contributed by atoms with Crippen molar-refractivity contribution in [3.05, 3.63) is 74.7 Å². The maximum Gasteiger partial charge on any atom is 0.281 e. The number of hydrogen-bond acceptors (Lipinski definition) is 6. The molecule has 13 heteroatoms. The second-order valence-corrected chi connectivity index (χ2v) is 11.9. The number of carbonyl (C=O) groups excluding carboxylic acids is 3. The second kappa shape index (κ2) is 10.7. The van der Waals surface area contributed by atoms with Gasteiger partial charge in [-0.15, -0.1) is 11.3 Å². The molecule has 214 valence electrons. The van der Waals surface area contributed by atoms with E-state index in [4.69, 9.17) is 11.6 Å². The number of aromatic nitrogens is 2. The minimum atomic E-state index is -2.91. The molecule has 6 rings (SSSR count). The summed E-state index contributed by atoms with van der Waals surface area (Å²) in [7, 11) is 0. The highest BCUT2D eigenvalue weighted by Crippen LogP contribution is 2.49. The maximum absolute atomic E-state index is 15.2. The van der Waals surface area contributed by atoms with Gasteiger partial charge in [0.15, 0.2) is 0 Å². The topological polar surface area (TPSA) is 95.5 Å². The van der Waals surface area contributed by atoms with Gasteiger partial charge in [0.2, 0.25) is 5.91 Å². The Balaban J connectivity index is 1.11. The molecule has 1 saturated heterocycles. The van der Waals surface area contributed by atoms with Crippen molar-refractivity contribution >= 4 is 46.3 Å². The number of anilines is 1. The zero-order chi connectivity index (χ0) is 28.9. The van der Waals surface area contributed by atoms with Crippen LogP contribution in [0, 0.1) is 11.7 Å². The van der Waals surface area contributed by atoms with Gasteiger partial charge in [-0.05, 0) is 49.8 Å². The van der Waals surface area contributed by atoms with Crippen LogP contribution in [0.1, 0.15) is 64.2 Å². The number of nitrogens with one attached hydrogen (secondary N) is 1. The third-order valence-electron chi connectivity index (χ3n) is 8.23. The van der Waals surface area contributed by atoms with Crippen molar-refractivity contribution in [3.8, 4) is 0 Å². The summed E-state index contributed by atoms with van der Waals surface area (Å²) in [5.41, 5.74) is 0.750. The second-order valence-electron chi connectivity index (χ2n) is 10.7. The number of amides is 3. The van der Waals surface area contributed by atoms with Crippen LogP contribution in [-0.4, -0.2) is 58.3 Å². The number of rotatable bonds is 6. The number of benzene rings is 1. The Bertz CT molecular complexity index is 1510. The van der Waals surface area contributed by atoms with Crippen LogP contribution in [0.2, 0.25) is 5.02 Å². The lowest BCUT2D eigenvalue weighted by Gasteiger charge is -2.46. The molecule has 3 amide bonds. The largest absolute Gasteiger partial charge is 0.349 e. The quantitative estimate of drug-likeness (QED) is 0.428. The van der Waals surface area contributed by atoms with Crippen LogP contribution < -0.4 is 10.2 Å². The summed E-state index contributed by atoms with van der Waals surface area (Å²) >= 11 is 7.19. The smallest absolute Gasteiger partial charge is 0.281 e. The summed E-state index contributed by atoms with van der Waals surface area (Å²) in [6.07, 6.45) is 0.706. The van der Waals surface area contributed by atoms with E-state index in [0.29, 0.717) is 49.2 Å². The number of hydrogen-bond donors (Lipinski definition) is 1.